The normalized spacial score (nSPS) is 12.3. The number of aromatic nitrogens is 2. The van der Waals surface area contributed by atoms with Crippen molar-refractivity contribution in [1.29, 1.82) is 0 Å². The molecule has 2 heterocycles. The Morgan fingerprint density at radius 1 is 1.05 bits per heavy atom. The second-order valence-electron chi connectivity index (χ2n) is 4.55. The molecule has 4 nitrogen and oxygen atoms in total. The summed E-state index contributed by atoms with van der Waals surface area (Å²) >= 11 is 0. The van der Waals surface area contributed by atoms with Crippen LogP contribution in [0.2, 0.25) is 0 Å². The van der Waals surface area contributed by atoms with Gasteiger partial charge in [-0.3, -0.25) is 9.97 Å². The summed E-state index contributed by atoms with van der Waals surface area (Å²) in [6, 6.07) is 13.2. The fourth-order valence-electron chi connectivity index (χ4n) is 1.95. The van der Waals surface area contributed by atoms with E-state index >= 15 is 0 Å². The summed E-state index contributed by atoms with van der Waals surface area (Å²) in [5, 5.41) is 10.5. The Labute approximate surface area is 116 Å². The van der Waals surface area contributed by atoms with Crippen molar-refractivity contribution in [2.45, 2.75) is 13.0 Å². The Hall–Kier alpha value is -2.46. The highest BCUT2D eigenvalue weighted by Crippen LogP contribution is 2.24. The molecule has 4 heteroatoms. The lowest BCUT2D eigenvalue weighted by Crippen LogP contribution is -1.95. The molecule has 0 bridgehead atoms. The monoisotopic (exact) mass is 266 g/mol. The molecule has 2 aromatic heterocycles. The maximum absolute atomic E-state index is 9.41. The van der Waals surface area contributed by atoms with E-state index in [0.717, 1.165) is 10.9 Å². The van der Waals surface area contributed by atoms with Gasteiger partial charge < -0.3 is 9.84 Å². The van der Waals surface area contributed by atoms with Crippen molar-refractivity contribution in [3.8, 4) is 11.5 Å². The maximum Gasteiger partial charge on any atom is 0.145 e. The fraction of sp³-hybridized carbons (Fsp3) is 0.125. The van der Waals surface area contributed by atoms with Gasteiger partial charge in [0.25, 0.3) is 0 Å². The first-order chi connectivity index (χ1) is 9.72. The molecule has 0 aliphatic heterocycles. The van der Waals surface area contributed by atoms with Gasteiger partial charge in [-0.25, -0.2) is 0 Å². The number of aliphatic hydroxyl groups excluding tert-OH is 1. The lowest BCUT2D eigenvalue weighted by molar-refractivity contribution is 0.194. The van der Waals surface area contributed by atoms with Crippen molar-refractivity contribution in [2.24, 2.45) is 0 Å². The van der Waals surface area contributed by atoms with E-state index in [-0.39, 0.29) is 0 Å². The SMILES string of the molecule is C[C@@H](O)c1ccc(Oc2ccc3cccnc3c2)cn1. The third-order valence-corrected chi connectivity index (χ3v) is 3.00. The van der Waals surface area contributed by atoms with Crippen molar-refractivity contribution >= 4 is 10.9 Å². The van der Waals surface area contributed by atoms with Gasteiger partial charge in [0.2, 0.25) is 0 Å². The Kier molecular flexibility index (Phi) is 3.31. The van der Waals surface area contributed by atoms with Gasteiger partial charge in [0.1, 0.15) is 11.5 Å². The average molecular weight is 266 g/mol. The van der Waals surface area contributed by atoms with Crippen LogP contribution in [0.5, 0.6) is 11.5 Å². The van der Waals surface area contributed by atoms with Crippen molar-refractivity contribution in [3.05, 3.63) is 60.6 Å². The molecule has 0 saturated heterocycles. The molecule has 0 fully saturated rings. The van der Waals surface area contributed by atoms with E-state index in [9.17, 15) is 5.11 Å². The quantitative estimate of drug-likeness (QED) is 0.788. The fourth-order valence-corrected chi connectivity index (χ4v) is 1.95. The number of hydrogen-bond donors (Lipinski definition) is 1. The number of rotatable bonds is 3. The van der Waals surface area contributed by atoms with Gasteiger partial charge in [0, 0.05) is 17.6 Å². The highest BCUT2D eigenvalue weighted by molar-refractivity contribution is 5.79. The first-order valence-electron chi connectivity index (χ1n) is 6.39. The molecular formula is C16H14N2O2. The average Bonchev–Trinajstić information content (AvgIpc) is 2.48. The summed E-state index contributed by atoms with van der Waals surface area (Å²) < 4.78 is 5.74. The maximum atomic E-state index is 9.41. The molecular weight excluding hydrogens is 252 g/mol. The molecule has 0 saturated carbocycles. The summed E-state index contributed by atoms with van der Waals surface area (Å²) in [6.45, 7) is 1.68. The second-order valence-corrected chi connectivity index (χ2v) is 4.55. The summed E-state index contributed by atoms with van der Waals surface area (Å²) in [4.78, 5) is 8.44. The van der Waals surface area contributed by atoms with Gasteiger partial charge in [-0.05, 0) is 37.3 Å². The number of nitrogens with zero attached hydrogens (tertiary/aromatic N) is 2. The number of hydrogen-bond acceptors (Lipinski definition) is 4. The number of pyridine rings is 2. The molecule has 1 atom stereocenters. The predicted molar refractivity (Wildman–Crippen MR) is 76.7 cm³/mol. The molecule has 1 N–H and O–H groups in total. The number of benzene rings is 1. The minimum absolute atomic E-state index is 0.575. The Balaban J connectivity index is 1.85. The van der Waals surface area contributed by atoms with Crippen LogP contribution in [0.4, 0.5) is 0 Å². The van der Waals surface area contributed by atoms with Crippen molar-refractivity contribution in [3.63, 3.8) is 0 Å². The van der Waals surface area contributed by atoms with Crippen LogP contribution < -0.4 is 4.74 Å². The molecule has 0 aliphatic rings. The molecule has 0 amide bonds. The van der Waals surface area contributed by atoms with Crippen LogP contribution in [-0.4, -0.2) is 15.1 Å². The van der Waals surface area contributed by atoms with Crippen LogP contribution in [0.25, 0.3) is 10.9 Å². The van der Waals surface area contributed by atoms with Crippen molar-refractivity contribution in [2.75, 3.05) is 0 Å². The molecule has 0 unspecified atom stereocenters. The van der Waals surface area contributed by atoms with E-state index in [2.05, 4.69) is 9.97 Å². The molecule has 1 aromatic carbocycles. The molecule has 100 valence electrons. The van der Waals surface area contributed by atoms with E-state index < -0.39 is 6.10 Å². The van der Waals surface area contributed by atoms with Crippen molar-refractivity contribution in [1.82, 2.24) is 9.97 Å². The number of aliphatic hydroxyl groups is 1. The van der Waals surface area contributed by atoms with E-state index in [1.807, 2.05) is 30.3 Å². The van der Waals surface area contributed by atoms with E-state index in [1.54, 1.807) is 31.5 Å². The molecule has 0 radical (unpaired) electrons. The van der Waals surface area contributed by atoms with Crippen LogP contribution in [0.1, 0.15) is 18.7 Å². The molecule has 3 aromatic rings. The molecule has 3 rings (SSSR count). The minimum atomic E-state index is -0.575. The van der Waals surface area contributed by atoms with E-state index in [0.29, 0.717) is 17.2 Å². The van der Waals surface area contributed by atoms with E-state index in [1.165, 1.54) is 0 Å². The van der Waals surface area contributed by atoms with Crippen LogP contribution in [0.3, 0.4) is 0 Å². The van der Waals surface area contributed by atoms with Gasteiger partial charge in [0.05, 0.1) is 23.5 Å². The van der Waals surface area contributed by atoms with Gasteiger partial charge in [-0.15, -0.1) is 0 Å². The first-order valence-corrected chi connectivity index (χ1v) is 6.39. The second kappa shape index (κ2) is 5.27. The lowest BCUT2D eigenvalue weighted by Gasteiger charge is -2.08. The smallest absolute Gasteiger partial charge is 0.145 e. The predicted octanol–water partition coefficient (Wildman–Crippen LogP) is 3.48. The highest BCUT2D eigenvalue weighted by Gasteiger charge is 2.04. The first kappa shape index (κ1) is 12.6. The largest absolute Gasteiger partial charge is 0.456 e. The number of fused-ring (bicyclic) bond motifs is 1. The summed E-state index contributed by atoms with van der Waals surface area (Å²) in [7, 11) is 0. The van der Waals surface area contributed by atoms with Gasteiger partial charge >= 0.3 is 0 Å². The minimum Gasteiger partial charge on any atom is -0.456 e. The third kappa shape index (κ3) is 2.60. The molecule has 20 heavy (non-hydrogen) atoms. The zero-order valence-electron chi connectivity index (χ0n) is 11.0. The van der Waals surface area contributed by atoms with E-state index in [4.69, 9.17) is 4.74 Å². The molecule has 0 spiro atoms. The molecule has 0 aliphatic carbocycles. The number of ether oxygens (including phenoxy) is 1. The zero-order chi connectivity index (χ0) is 13.9. The Morgan fingerprint density at radius 3 is 2.65 bits per heavy atom. The summed E-state index contributed by atoms with van der Waals surface area (Å²) in [6.07, 6.45) is 2.78. The van der Waals surface area contributed by atoms with Crippen LogP contribution in [0.15, 0.2) is 54.9 Å². The van der Waals surface area contributed by atoms with Gasteiger partial charge in [-0.2, -0.15) is 0 Å². The summed E-state index contributed by atoms with van der Waals surface area (Å²) in [5.41, 5.74) is 1.51. The standard InChI is InChI=1S/C16H14N2O2/c1-11(19)15-7-6-14(10-18-15)20-13-5-4-12-3-2-8-17-16(12)9-13/h2-11,19H,1H3/t11-/m1/s1. The Morgan fingerprint density at radius 2 is 1.90 bits per heavy atom. The third-order valence-electron chi connectivity index (χ3n) is 3.00. The van der Waals surface area contributed by atoms with Crippen LogP contribution >= 0.6 is 0 Å². The van der Waals surface area contributed by atoms with Gasteiger partial charge in [0.15, 0.2) is 0 Å². The van der Waals surface area contributed by atoms with Gasteiger partial charge in [-0.1, -0.05) is 6.07 Å². The summed E-state index contributed by atoms with van der Waals surface area (Å²) in [5.74, 6) is 1.34. The Bertz CT molecular complexity index is 724. The highest BCUT2D eigenvalue weighted by atomic mass is 16.5. The zero-order valence-corrected chi connectivity index (χ0v) is 11.0. The topological polar surface area (TPSA) is 55.2 Å². The van der Waals surface area contributed by atoms with Crippen molar-refractivity contribution < 1.29 is 9.84 Å². The van der Waals surface area contributed by atoms with Crippen LogP contribution in [0, 0.1) is 0 Å². The lowest BCUT2D eigenvalue weighted by atomic mass is 10.2. The van der Waals surface area contributed by atoms with Crippen LogP contribution in [-0.2, 0) is 0 Å².